The summed E-state index contributed by atoms with van der Waals surface area (Å²) in [6.45, 7) is 7.96. The molecular weight excluding hydrogens is 475 g/mol. The summed E-state index contributed by atoms with van der Waals surface area (Å²) >= 11 is 0. The number of rotatable bonds is 5. The van der Waals surface area contributed by atoms with E-state index in [4.69, 9.17) is 9.47 Å². The minimum Gasteiger partial charge on any atom is -0.496 e. The normalized spacial score (nSPS) is 16.0. The van der Waals surface area contributed by atoms with E-state index in [1.807, 2.05) is 32.9 Å². The maximum Gasteiger partial charge on any atom is 0.410 e. The predicted molar refractivity (Wildman–Crippen MR) is 141 cm³/mol. The van der Waals surface area contributed by atoms with Crippen molar-refractivity contribution in [3.63, 3.8) is 0 Å². The van der Waals surface area contributed by atoms with E-state index in [0.29, 0.717) is 43.2 Å². The van der Waals surface area contributed by atoms with Gasteiger partial charge in [-0.2, -0.15) is 0 Å². The second kappa shape index (κ2) is 11.1. The third-order valence-electron chi connectivity index (χ3n) is 6.18. The number of hydrogen-bond donors (Lipinski definition) is 2. The van der Waals surface area contributed by atoms with Gasteiger partial charge in [0.05, 0.1) is 7.11 Å². The molecule has 2 aromatic rings. The lowest BCUT2D eigenvalue weighted by molar-refractivity contribution is 0.0270. The number of anilines is 1. The van der Waals surface area contributed by atoms with Crippen molar-refractivity contribution < 1.29 is 23.5 Å². The summed E-state index contributed by atoms with van der Waals surface area (Å²) in [5.74, 6) is -0.0483. The number of aromatic nitrogens is 1. The van der Waals surface area contributed by atoms with E-state index < -0.39 is 17.3 Å². The van der Waals surface area contributed by atoms with Gasteiger partial charge in [0.2, 0.25) is 0 Å². The van der Waals surface area contributed by atoms with E-state index in [-0.39, 0.29) is 11.7 Å². The number of methoxy groups -OCH3 is 1. The lowest BCUT2D eigenvalue weighted by Crippen LogP contribution is -2.39. The summed E-state index contributed by atoms with van der Waals surface area (Å²) in [5.41, 5.74) is 2.90. The van der Waals surface area contributed by atoms with E-state index in [2.05, 4.69) is 15.6 Å². The molecule has 1 aromatic carbocycles. The van der Waals surface area contributed by atoms with Crippen LogP contribution in [-0.2, 0) is 4.74 Å². The number of benzene rings is 1. The van der Waals surface area contributed by atoms with Gasteiger partial charge >= 0.3 is 6.09 Å². The SMILES string of the molecule is COc1cc(NC(=O)c2ccc(C3=CCNCC3)c(F)c2)ncc1C1=CCN(C(=O)OC(C)(C)C)CC1. The van der Waals surface area contributed by atoms with Crippen molar-refractivity contribution in [2.75, 3.05) is 38.6 Å². The number of amides is 2. The van der Waals surface area contributed by atoms with E-state index in [0.717, 1.165) is 29.7 Å². The Morgan fingerprint density at radius 2 is 1.89 bits per heavy atom. The maximum absolute atomic E-state index is 14.8. The Morgan fingerprint density at radius 3 is 2.51 bits per heavy atom. The molecule has 0 saturated heterocycles. The standard InChI is InChI=1S/C28H33FN4O4/c1-28(2,3)37-27(35)33-13-9-19(10-14-33)22-17-31-25(16-24(22)36-4)32-26(34)20-5-6-21(23(29)15-20)18-7-11-30-12-8-18/h5-7,9,15-17,30H,8,10-14H2,1-4H3,(H,31,32,34). The van der Waals surface area contributed by atoms with Crippen LogP contribution >= 0.6 is 0 Å². The van der Waals surface area contributed by atoms with Crippen molar-refractivity contribution in [3.05, 3.63) is 65.1 Å². The van der Waals surface area contributed by atoms with E-state index in [9.17, 15) is 14.0 Å². The smallest absolute Gasteiger partial charge is 0.410 e. The number of carbonyl (C=O) groups excluding carboxylic acids is 2. The highest BCUT2D eigenvalue weighted by Crippen LogP contribution is 2.32. The highest BCUT2D eigenvalue weighted by molar-refractivity contribution is 6.04. The minimum atomic E-state index is -0.549. The van der Waals surface area contributed by atoms with E-state index in [1.54, 1.807) is 36.4 Å². The van der Waals surface area contributed by atoms with Gasteiger partial charge in [0, 0.05) is 48.6 Å². The van der Waals surface area contributed by atoms with Gasteiger partial charge in [-0.1, -0.05) is 18.2 Å². The fourth-order valence-corrected chi connectivity index (χ4v) is 4.29. The molecule has 0 aliphatic carbocycles. The molecule has 0 fully saturated rings. The van der Waals surface area contributed by atoms with Crippen LogP contribution in [-0.4, -0.2) is 60.8 Å². The van der Waals surface area contributed by atoms with Crippen LogP contribution in [0.5, 0.6) is 5.75 Å². The van der Waals surface area contributed by atoms with Gasteiger partial charge in [0.25, 0.3) is 5.91 Å². The number of nitrogens with zero attached hydrogens (tertiary/aromatic N) is 2. The largest absolute Gasteiger partial charge is 0.496 e. The maximum atomic E-state index is 14.8. The summed E-state index contributed by atoms with van der Waals surface area (Å²) in [6.07, 6.45) is 6.57. The third-order valence-corrected chi connectivity index (χ3v) is 6.18. The molecule has 2 N–H and O–H groups in total. The van der Waals surface area contributed by atoms with Gasteiger partial charge in [-0.25, -0.2) is 14.2 Å². The molecule has 3 heterocycles. The zero-order valence-corrected chi connectivity index (χ0v) is 21.7. The van der Waals surface area contributed by atoms with E-state index in [1.165, 1.54) is 6.07 Å². The van der Waals surface area contributed by atoms with Crippen molar-refractivity contribution >= 4 is 29.0 Å². The number of ether oxygens (including phenoxy) is 2. The summed E-state index contributed by atoms with van der Waals surface area (Å²) in [7, 11) is 1.55. The summed E-state index contributed by atoms with van der Waals surface area (Å²) in [4.78, 5) is 31.2. The molecule has 1 aromatic heterocycles. The van der Waals surface area contributed by atoms with Gasteiger partial charge in [0.15, 0.2) is 0 Å². The fourth-order valence-electron chi connectivity index (χ4n) is 4.29. The van der Waals surface area contributed by atoms with Crippen molar-refractivity contribution in [2.24, 2.45) is 0 Å². The average Bonchev–Trinajstić information content (AvgIpc) is 2.88. The first-order valence-corrected chi connectivity index (χ1v) is 12.4. The van der Waals surface area contributed by atoms with Crippen LogP contribution in [0.1, 0.15) is 55.1 Å². The number of nitrogens with one attached hydrogen (secondary N) is 2. The molecule has 0 bridgehead atoms. The van der Waals surface area contributed by atoms with Crippen LogP contribution in [0.4, 0.5) is 15.0 Å². The zero-order valence-electron chi connectivity index (χ0n) is 21.7. The molecular formula is C28H33FN4O4. The van der Waals surface area contributed by atoms with Crippen LogP contribution in [0.15, 0.2) is 42.6 Å². The van der Waals surface area contributed by atoms with Gasteiger partial charge in [-0.15, -0.1) is 0 Å². The molecule has 0 spiro atoms. The Hall–Kier alpha value is -3.72. The van der Waals surface area contributed by atoms with Gasteiger partial charge in [-0.3, -0.25) is 4.79 Å². The topological polar surface area (TPSA) is 92.8 Å². The number of pyridine rings is 1. The van der Waals surface area contributed by atoms with Crippen LogP contribution in [0.25, 0.3) is 11.1 Å². The summed E-state index contributed by atoms with van der Waals surface area (Å²) in [5, 5.41) is 5.93. The lowest BCUT2D eigenvalue weighted by Gasteiger charge is -2.29. The highest BCUT2D eigenvalue weighted by atomic mass is 19.1. The average molecular weight is 509 g/mol. The van der Waals surface area contributed by atoms with Crippen LogP contribution < -0.4 is 15.4 Å². The third kappa shape index (κ3) is 6.54. The fraction of sp³-hybridized carbons (Fsp3) is 0.393. The van der Waals surface area contributed by atoms with Crippen molar-refractivity contribution in [2.45, 2.75) is 39.2 Å². The summed E-state index contributed by atoms with van der Waals surface area (Å²) in [6, 6.07) is 6.15. The molecule has 0 atom stereocenters. The molecule has 0 saturated carbocycles. The Balaban J connectivity index is 1.44. The molecule has 8 nitrogen and oxygen atoms in total. The second-order valence-electron chi connectivity index (χ2n) is 10.0. The summed E-state index contributed by atoms with van der Waals surface area (Å²) < 4.78 is 25.8. The minimum absolute atomic E-state index is 0.206. The highest BCUT2D eigenvalue weighted by Gasteiger charge is 2.25. The second-order valence-corrected chi connectivity index (χ2v) is 10.0. The molecule has 196 valence electrons. The zero-order chi connectivity index (χ0) is 26.6. The Morgan fingerprint density at radius 1 is 1.11 bits per heavy atom. The Bertz CT molecular complexity index is 1250. The Kier molecular flexibility index (Phi) is 7.92. The lowest BCUT2D eigenvalue weighted by atomic mass is 9.98. The molecule has 9 heteroatoms. The van der Waals surface area contributed by atoms with Crippen LogP contribution in [0.3, 0.4) is 0 Å². The van der Waals surface area contributed by atoms with Crippen molar-refractivity contribution in [1.29, 1.82) is 0 Å². The first-order chi connectivity index (χ1) is 17.6. The van der Waals surface area contributed by atoms with Crippen LogP contribution in [0.2, 0.25) is 0 Å². The van der Waals surface area contributed by atoms with Gasteiger partial charge < -0.3 is 25.0 Å². The number of halogens is 1. The quantitative estimate of drug-likeness (QED) is 0.598. The predicted octanol–water partition coefficient (Wildman–Crippen LogP) is 4.88. The van der Waals surface area contributed by atoms with Crippen molar-refractivity contribution in [1.82, 2.24) is 15.2 Å². The monoisotopic (exact) mass is 508 g/mol. The van der Waals surface area contributed by atoms with Gasteiger partial charge in [-0.05, 0) is 63.4 Å². The molecule has 4 rings (SSSR count). The molecule has 2 aliphatic heterocycles. The molecule has 0 radical (unpaired) electrons. The number of hydrogen-bond acceptors (Lipinski definition) is 6. The van der Waals surface area contributed by atoms with E-state index >= 15 is 0 Å². The first-order valence-electron chi connectivity index (χ1n) is 12.4. The first kappa shape index (κ1) is 26.3. The number of carbonyl (C=O) groups is 2. The molecule has 37 heavy (non-hydrogen) atoms. The molecule has 2 amide bonds. The van der Waals surface area contributed by atoms with Crippen LogP contribution in [0, 0.1) is 5.82 Å². The molecule has 2 aliphatic rings. The molecule has 0 unspecified atom stereocenters. The van der Waals surface area contributed by atoms with Crippen molar-refractivity contribution in [3.8, 4) is 5.75 Å². The van der Waals surface area contributed by atoms with Gasteiger partial charge in [0.1, 0.15) is 23.0 Å². The Labute approximate surface area is 216 Å².